The lowest BCUT2D eigenvalue weighted by Gasteiger charge is -2.13. The molecule has 0 radical (unpaired) electrons. The summed E-state index contributed by atoms with van der Waals surface area (Å²) in [6.45, 7) is 4.32. The van der Waals surface area contributed by atoms with Crippen LogP contribution in [0.25, 0.3) is 0 Å². The Morgan fingerprint density at radius 1 is 1.00 bits per heavy atom. The van der Waals surface area contributed by atoms with Crippen molar-refractivity contribution in [1.29, 1.82) is 0 Å². The largest absolute Gasteiger partial charge is 0.349 e. The van der Waals surface area contributed by atoms with Crippen LogP contribution in [-0.2, 0) is 12.8 Å². The number of nitrogens with one attached hydrogen (secondary N) is 1. The zero-order chi connectivity index (χ0) is 14.8. The van der Waals surface area contributed by atoms with Crippen molar-refractivity contribution in [3.63, 3.8) is 0 Å². The minimum Gasteiger partial charge on any atom is -0.349 e. The summed E-state index contributed by atoms with van der Waals surface area (Å²) in [7, 11) is 0. The van der Waals surface area contributed by atoms with Crippen LogP contribution in [0.2, 0.25) is 0 Å². The van der Waals surface area contributed by atoms with Gasteiger partial charge in [-0.05, 0) is 47.6 Å². The number of hydrogen-bond donors (Lipinski definition) is 1. The normalized spacial score (nSPS) is 14.2. The first-order valence-electron chi connectivity index (χ1n) is 7.61. The van der Waals surface area contributed by atoms with Crippen molar-refractivity contribution in [3.05, 3.63) is 70.8 Å². The van der Waals surface area contributed by atoms with Crippen molar-refractivity contribution in [2.45, 2.75) is 38.6 Å². The maximum absolute atomic E-state index is 12.3. The molecule has 0 aliphatic heterocycles. The Hall–Kier alpha value is -2.09. The molecule has 1 aliphatic rings. The average molecular weight is 279 g/mol. The van der Waals surface area contributed by atoms with E-state index in [2.05, 4.69) is 43.4 Å². The lowest BCUT2D eigenvalue weighted by Crippen LogP contribution is -2.35. The fourth-order valence-electron chi connectivity index (χ4n) is 2.95. The van der Waals surface area contributed by atoms with Crippen LogP contribution in [0.3, 0.4) is 0 Å². The number of fused-ring (bicyclic) bond motifs is 1. The smallest absolute Gasteiger partial charge is 0.251 e. The number of carbonyl (C=O) groups is 1. The maximum atomic E-state index is 12.3. The third-order valence-electron chi connectivity index (χ3n) is 4.23. The van der Waals surface area contributed by atoms with Gasteiger partial charge in [0.25, 0.3) is 5.91 Å². The monoisotopic (exact) mass is 279 g/mol. The number of rotatable bonds is 3. The fourth-order valence-corrected chi connectivity index (χ4v) is 2.95. The van der Waals surface area contributed by atoms with Gasteiger partial charge in [0.15, 0.2) is 0 Å². The van der Waals surface area contributed by atoms with E-state index in [1.807, 2.05) is 24.3 Å². The number of amides is 1. The van der Waals surface area contributed by atoms with Gasteiger partial charge in [-0.15, -0.1) is 0 Å². The highest BCUT2D eigenvalue weighted by Gasteiger charge is 2.22. The van der Waals surface area contributed by atoms with Gasteiger partial charge < -0.3 is 5.32 Å². The molecule has 0 heterocycles. The van der Waals surface area contributed by atoms with Crippen molar-refractivity contribution < 1.29 is 4.79 Å². The van der Waals surface area contributed by atoms with Gasteiger partial charge in [-0.3, -0.25) is 4.79 Å². The van der Waals surface area contributed by atoms with E-state index < -0.39 is 0 Å². The molecule has 0 bridgehead atoms. The summed E-state index contributed by atoms with van der Waals surface area (Å²) in [5.41, 5.74) is 4.73. The Morgan fingerprint density at radius 3 is 2.10 bits per heavy atom. The second-order valence-corrected chi connectivity index (χ2v) is 6.12. The molecule has 2 heteroatoms. The van der Waals surface area contributed by atoms with Gasteiger partial charge >= 0.3 is 0 Å². The Kier molecular flexibility index (Phi) is 3.78. The molecule has 0 atom stereocenters. The predicted octanol–water partition coefficient (Wildman–Crippen LogP) is 3.71. The van der Waals surface area contributed by atoms with Crippen LogP contribution >= 0.6 is 0 Å². The van der Waals surface area contributed by atoms with Crippen LogP contribution in [0.4, 0.5) is 0 Å². The molecule has 1 N–H and O–H groups in total. The number of benzene rings is 2. The molecule has 0 spiro atoms. The summed E-state index contributed by atoms with van der Waals surface area (Å²) >= 11 is 0. The molecule has 21 heavy (non-hydrogen) atoms. The van der Waals surface area contributed by atoms with Crippen LogP contribution in [0, 0.1) is 0 Å². The summed E-state index contributed by atoms with van der Waals surface area (Å²) in [6.07, 6.45) is 1.87. The first-order valence-corrected chi connectivity index (χ1v) is 7.61. The molecule has 0 saturated heterocycles. The second kappa shape index (κ2) is 5.72. The van der Waals surface area contributed by atoms with Gasteiger partial charge in [0.05, 0.1) is 0 Å². The third kappa shape index (κ3) is 2.99. The van der Waals surface area contributed by atoms with E-state index in [0.29, 0.717) is 5.92 Å². The van der Waals surface area contributed by atoms with Crippen LogP contribution in [0.5, 0.6) is 0 Å². The summed E-state index contributed by atoms with van der Waals surface area (Å²) in [4.78, 5) is 12.3. The Morgan fingerprint density at radius 2 is 1.57 bits per heavy atom. The summed E-state index contributed by atoms with van der Waals surface area (Å²) < 4.78 is 0. The topological polar surface area (TPSA) is 29.1 Å². The zero-order valence-corrected chi connectivity index (χ0v) is 12.6. The molecule has 1 amide bonds. The van der Waals surface area contributed by atoms with Gasteiger partial charge in [-0.2, -0.15) is 0 Å². The van der Waals surface area contributed by atoms with Crippen LogP contribution < -0.4 is 5.32 Å². The van der Waals surface area contributed by atoms with E-state index in [4.69, 9.17) is 0 Å². The molecule has 0 aromatic heterocycles. The molecule has 3 rings (SSSR count). The standard InChI is InChI=1S/C19H21NO/c1-13(2)14-7-9-15(10-8-14)19(21)20-18-11-16-5-3-4-6-17(16)12-18/h3-10,13,18H,11-12H2,1-2H3,(H,20,21). The Bertz CT molecular complexity index is 618. The van der Waals surface area contributed by atoms with Gasteiger partial charge in [-0.1, -0.05) is 50.2 Å². The molecule has 0 unspecified atom stereocenters. The highest BCUT2D eigenvalue weighted by atomic mass is 16.1. The SMILES string of the molecule is CC(C)c1ccc(C(=O)NC2Cc3ccccc3C2)cc1. The average Bonchev–Trinajstić information content (AvgIpc) is 2.89. The molecular formula is C19H21NO. The van der Waals surface area contributed by atoms with Gasteiger partial charge in [0.2, 0.25) is 0 Å². The van der Waals surface area contributed by atoms with Crippen molar-refractivity contribution in [3.8, 4) is 0 Å². The summed E-state index contributed by atoms with van der Waals surface area (Å²) in [6, 6.07) is 16.6. The molecule has 0 fully saturated rings. The van der Waals surface area contributed by atoms with Crippen LogP contribution in [0.1, 0.15) is 46.8 Å². The molecule has 1 aliphatic carbocycles. The maximum Gasteiger partial charge on any atom is 0.251 e. The van der Waals surface area contributed by atoms with E-state index in [0.717, 1.165) is 18.4 Å². The second-order valence-electron chi connectivity index (χ2n) is 6.12. The summed E-state index contributed by atoms with van der Waals surface area (Å²) in [5, 5.41) is 3.15. The summed E-state index contributed by atoms with van der Waals surface area (Å²) in [5.74, 6) is 0.523. The van der Waals surface area contributed by atoms with Gasteiger partial charge in [0.1, 0.15) is 0 Å². The van der Waals surface area contributed by atoms with Crippen molar-refractivity contribution in [1.82, 2.24) is 5.32 Å². The molecule has 2 aromatic rings. The Labute approximate surface area is 126 Å². The van der Waals surface area contributed by atoms with Gasteiger partial charge in [0, 0.05) is 11.6 Å². The lowest BCUT2D eigenvalue weighted by molar-refractivity contribution is 0.0938. The first kappa shape index (κ1) is 13.9. The zero-order valence-electron chi connectivity index (χ0n) is 12.6. The van der Waals surface area contributed by atoms with Crippen LogP contribution in [0.15, 0.2) is 48.5 Å². The van der Waals surface area contributed by atoms with Gasteiger partial charge in [-0.25, -0.2) is 0 Å². The van der Waals surface area contributed by atoms with E-state index in [-0.39, 0.29) is 11.9 Å². The lowest BCUT2D eigenvalue weighted by atomic mass is 10.0. The fraction of sp³-hybridized carbons (Fsp3) is 0.316. The molecule has 2 aromatic carbocycles. The quantitative estimate of drug-likeness (QED) is 0.911. The van der Waals surface area contributed by atoms with E-state index in [9.17, 15) is 4.79 Å². The van der Waals surface area contributed by atoms with E-state index in [1.165, 1.54) is 16.7 Å². The minimum absolute atomic E-state index is 0.0307. The van der Waals surface area contributed by atoms with E-state index in [1.54, 1.807) is 0 Å². The van der Waals surface area contributed by atoms with Crippen molar-refractivity contribution in [2.75, 3.05) is 0 Å². The number of hydrogen-bond acceptors (Lipinski definition) is 1. The first-order chi connectivity index (χ1) is 10.1. The van der Waals surface area contributed by atoms with Crippen molar-refractivity contribution >= 4 is 5.91 Å². The molecule has 0 saturated carbocycles. The van der Waals surface area contributed by atoms with Crippen LogP contribution in [-0.4, -0.2) is 11.9 Å². The number of carbonyl (C=O) groups excluding carboxylic acids is 1. The highest BCUT2D eigenvalue weighted by Crippen LogP contribution is 2.22. The molecule has 2 nitrogen and oxygen atoms in total. The van der Waals surface area contributed by atoms with Crippen molar-refractivity contribution in [2.24, 2.45) is 0 Å². The molecule has 108 valence electrons. The third-order valence-corrected chi connectivity index (χ3v) is 4.23. The van der Waals surface area contributed by atoms with E-state index >= 15 is 0 Å². The molecular weight excluding hydrogens is 258 g/mol. The Balaban J connectivity index is 1.65. The predicted molar refractivity (Wildman–Crippen MR) is 85.6 cm³/mol. The highest BCUT2D eigenvalue weighted by molar-refractivity contribution is 5.94. The minimum atomic E-state index is 0.0307.